The summed E-state index contributed by atoms with van der Waals surface area (Å²) in [7, 11) is 0. The normalized spacial score (nSPS) is 27.1. The van der Waals surface area contributed by atoms with Crippen molar-refractivity contribution in [3.05, 3.63) is 23.0 Å². The summed E-state index contributed by atoms with van der Waals surface area (Å²) < 4.78 is 6.70. The van der Waals surface area contributed by atoms with Crippen LogP contribution in [0.3, 0.4) is 0 Å². The van der Waals surface area contributed by atoms with Crippen LogP contribution in [-0.2, 0) is 9.53 Å². The van der Waals surface area contributed by atoms with E-state index in [0.29, 0.717) is 0 Å². The monoisotopic (exact) mass is 418 g/mol. The summed E-state index contributed by atoms with van der Waals surface area (Å²) in [5.41, 5.74) is -0.0608. The van der Waals surface area contributed by atoms with Gasteiger partial charge < -0.3 is 50.3 Å². The van der Waals surface area contributed by atoms with Crippen LogP contribution in [0.4, 0.5) is 0 Å². The van der Waals surface area contributed by atoms with Gasteiger partial charge >= 0.3 is 0 Å². The van der Waals surface area contributed by atoms with Crippen molar-refractivity contribution >= 4 is 17.5 Å². The number of nitrogens with zero attached hydrogens (tertiary/aromatic N) is 3. The fourth-order valence-corrected chi connectivity index (χ4v) is 2.58. The second-order valence-corrected chi connectivity index (χ2v) is 6.15. The van der Waals surface area contributed by atoms with Gasteiger partial charge in [0, 0.05) is 0 Å². The number of aliphatic hydroxyl groups excluding tert-OH is 7. The summed E-state index contributed by atoms with van der Waals surface area (Å²) in [5.74, 6) is 0. The zero-order valence-corrected chi connectivity index (χ0v) is 14.9. The van der Waals surface area contributed by atoms with Gasteiger partial charge in [0.2, 0.25) is 0 Å². The summed E-state index contributed by atoms with van der Waals surface area (Å²) in [6.07, 6.45) is -6.41. The molecule has 0 bridgehead atoms. The number of aromatic amines is 1. The van der Waals surface area contributed by atoms with Crippen molar-refractivity contribution in [1.82, 2.24) is 19.5 Å². The lowest BCUT2D eigenvalue weighted by Gasteiger charge is -2.16. The van der Waals surface area contributed by atoms with Crippen molar-refractivity contribution in [2.45, 2.75) is 42.9 Å². The van der Waals surface area contributed by atoms with Crippen LogP contribution in [0, 0.1) is 0 Å². The molecule has 2 aromatic rings. The molecule has 0 saturated carbocycles. The molecule has 14 heteroatoms. The Morgan fingerprint density at radius 1 is 1.21 bits per heavy atom. The number of fused-ring (bicyclic) bond motifs is 1. The molecule has 3 rings (SSSR count). The molecule has 1 aliphatic rings. The Morgan fingerprint density at radius 3 is 2.45 bits per heavy atom. The number of carbonyl (C=O) groups is 1. The van der Waals surface area contributed by atoms with Gasteiger partial charge in [-0.05, 0) is 0 Å². The van der Waals surface area contributed by atoms with Crippen LogP contribution in [0.5, 0.6) is 0 Å². The minimum atomic E-state index is -1.64. The number of nitrogens with one attached hydrogen (secondary N) is 1. The molecule has 2 aromatic heterocycles. The second kappa shape index (κ2) is 9.95. The highest BCUT2D eigenvalue weighted by atomic mass is 16.6. The fourth-order valence-electron chi connectivity index (χ4n) is 2.58. The average molecular weight is 418 g/mol. The predicted molar refractivity (Wildman–Crippen MR) is 92.3 cm³/mol. The van der Waals surface area contributed by atoms with Crippen LogP contribution < -0.4 is 5.56 Å². The zero-order chi connectivity index (χ0) is 21.7. The molecule has 0 radical (unpaired) electrons. The number of aliphatic hydroxyl groups is 7. The van der Waals surface area contributed by atoms with Gasteiger partial charge in [-0.2, -0.15) is 0 Å². The van der Waals surface area contributed by atoms with E-state index >= 15 is 0 Å². The molecular formula is C15H22N4O10. The Bertz CT molecular complexity index is 857. The van der Waals surface area contributed by atoms with E-state index in [1.165, 1.54) is 17.2 Å². The lowest BCUT2D eigenvalue weighted by atomic mass is 10.1. The van der Waals surface area contributed by atoms with E-state index in [4.69, 9.17) is 30.3 Å². The number of carbonyl (C=O) groups excluding carboxylic acids is 1. The van der Waals surface area contributed by atoms with Gasteiger partial charge in [0.05, 0.1) is 25.9 Å². The highest BCUT2D eigenvalue weighted by molar-refractivity contribution is 5.68. The molecule has 0 unspecified atom stereocenters. The number of hydrogen-bond acceptors (Lipinski definition) is 12. The van der Waals surface area contributed by atoms with E-state index < -0.39 is 61.6 Å². The standard InChI is InChI=1S/C10H12N4O5.C5H10O5/c15-1-4-6(16)7(17)10(19-4)14-3-13-5-8(14)11-2-12-9(5)18;6-1-3(8)5(10)4(9)2-7/h2-4,6-7,10,15-17H,1H2,(H,11,12,18);1,3-5,7-10H,2H2/t4-,6-,7-,10-;3-,4+,5-/m10/s1. The minimum absolute atomic E-state index is 0.0869. The van der Waals surface area contributed by atoms with Crippen LogP contribution in [0.25, 0.3) is 11.2 Å². The maximum Gasteiger partial charge on any atom is 0.278 e. The SMILES string of the molecule is O=C[C@H](O)[C@H](O)[C@H](O)CO.O=c1[nH]cnc2c1ncn2[C@@H]1O[C@H](CO)[C@@H](O)[C@H]1O. The molecular weight excluding hydrogens is 396 g/mol. The Hall–Kier alpha value is -2.30. The highest BCUT2D eigenvalue weighted by Crippen LogP contribution is 2.30. The lowest BCUT2D eigenvalue weighted by Crippen LogP contribution is -2.40. The van der Waals surface area contributed by atoms with Gasteiger partial charge in [-0.25, -0.2) is 9.97 Å². The maximum absolute atomic E-state index is 11.5. The summed E-state index contributed by atoms with van der Waals surface area (Å²) in [4.78, 5) is 31.5. The average Bonchev–Trinajstić information content (AvgIpc) is 3.28. The minimum Gasteiger partial charge on any atom is -0.394 e. The Kier molecular flexibility index (Phi) is 7.88. The van der Waals surface area contributed by atoms with Gasteiger partial charge in [-0.3, -0.25) is 9.36 Å². The Balaban J connectivity index is 0.000000257. The van der Waals surface area contributed by atoms with Gasteiger partial charge in [-0.15, -0.1) is 0 Å². The molecule has 8 N–H and O–H groups in total. The second-order valence-electron chi connectivity index (χ2n) is 6.15. The summed E-state index contributed by atoms with van der Waals surface area (Å²) in [6.45, 7) is -1.11. The van der Waals surface area contributed by atoms with Crippen molar-refractivity contribution in [2.24, 2.45) is 0 Å². The van der Waals surface area contributed by atoms with E-state index in [2.05, 4.69) is 15.0 Å². The number of hydrogen-bond donors (Lipinski definition) is 8. The van der Waals surface area contributed by atoms with Crippen molar-refractivity contribution in [3.63, 3.8) is 0 Å². The van der Waals surface area contributed by atoms with E-state index in [1.54, 1.807) is 0 Å². The quantitative estimate of drug-likeness (QED) is 0.206. The first-order valence-corrected chi connectivity index (χ1v) is 8.39. The van der Waals surface area contributed by atoms with Crippen molar-refractivity contribution in [1.29, 1.82) is 0 Å². The molecule has 14 nitrogen and oxygen atoms in total. The summed E-state index contributed by atoms with van der Waals surface area (Å²) in [5, 5.41) is 62.7. The molecule has 7 atom stereocenters. The molecule has 1 saturated heterocycles. The zero-order valence-electron chi connectivity index (χ0n) is 14.9. The first-order valence-electron chi connectivity index (χ1n) is 8.39. The Morgan fingerprint density at radius 2 is 1.90 bits per heavy atom. The Labute approximate surface area is 162 Å². The molecule has 162 valence electrons. The van der Waals surface area contributed by atoms with Crippen molar-refractivity contribution in [3.8, 4) is 0 Å². The number of ether oxygens (including phenoxy) is 1. The number of imidazole rings is 1. The maximum atomic E-state index is 11.5. The molecule has 0 aromatic carbocycles. The van der Waals surface area contributed by atoms with E-state index in [1.807, 2.05) is 0 Å². The van der Waals surface area contributed by atoms with Crippen molar-refractivity contribution in [2.75, 3.05) is 13.2 Å². The number of H-pyrrole nitrogens is 1. The summed E-state index contributed by atoms with van der Waals surface area (Å²) in [6, 6.07) is 0. The predicted octanol–water partition coefficient (Wildman–Crippen LogP) is -5.01. The van der Waals surface area contributed by atoms with Gasteiger partial charge in [0.1, 0.15) is 36.6 Å². The van der Waals surface area contributed by atoms with Crippen LogP contribution in [0.2, 0.25) is 0 Å². The van der Waals surface area contributed by atoms with Crippen molar-refractivity contribution < 1.29 is 45.3 Å². The number of aromatic nitrogens is 4. The van der Waals surface area contributed by atoms with Crippen LogP contribution in [0.1, 0.15) is 6.23 Å². The molecule has 0 aliphatic carbocycles. The van der Waals surface area contributed by atoms with E-state index in [9.17, 15) is 19.8 Å². The third-order valence-corrected chi connectivity index (χ3v) is 4.23. The largest absolute Gasteiger partial charge is 0.394 e. The van der Waals surface area contributed by atoms with Crippen LogP contribution >= 0.6 is 0 Å². The first-order chi connectivity index (χ1) is 13.8. The van der Waals surface area contributed by atoms with Gasteiger partial charge in [0.15, 0.2) is 23.7 Å². The van der Waals surface area contributed by atoms with E-state index in [-0.39, 0.29) is 17.5 Å². The molecule has 0 amide bonds. The number of rotatable bonds is 6. The highest BCUT2D eigenvalue weighted by Gasteiger charge is 2.43. The summed E-state index contributed by atoms with van der Waals surface area (Å²) >= 11 is 0. The van der Waals surface area contributed by atoms with E-state index in [0.717, 1.165) is 0 Å². The van der Waals surface area contributed by atoms with Gasteiger partial charge in [-0.1, -0.05) is 0 Å². The third-order valence-electron chi connectivity index (χ3n) is 4.23. The molecule has 0 spiro atoms. The van der Waals surface area contributed by atoms with Crippen LogP contribution in [-0.4, -0.2) is 111 Å². The molecule has 3 heterocycles. The molecule has 1 aliphatic heterocycles. The molecule has 1 fully saturated rings. The first kappa shape index (κ1) is 23.0. The topological polar surface area (TPSA) is 231 Å². The van der Waals surface area contributed by atoms with Gasteiger partial charge in [0.25, 0.3) is 5.56 Å². The fraction of sp³-hybridized carbons (Fsp3) is 0.600. The lowest BCUT2D eigenvalue weighted by molar-refractivity contribution is -0.127. The number of aldehydes is 1. The third kappa shape index (κ3) is 4.82. The smallest absolute Gasteiger partial charge is 0.278 e. The van der Waals surface area contributed by atoms with Crippen LogP contribution in [0.15, 0.2) is 17.4 Å². The molecule has 29 heavy (non-hydrogen) atoms.